The van der Waals surface area contributed by atoms with Crippen LogP contribution < -0.4 is 0 Å². The minimum absolute atomic E-state index is 0.0629. The zero-order valence-electron chi connectivity index (χ0n) is 35.8. The van der Waals surface area contributed by atoms with E-state index in [1.807, 2.05) is 0 Å². The first-order valence-electron chi connectivity index (χ1n) is 23.5. The van der Waals surface area contributed by atoms with E-state index in [2.05, 4.69) is 20.8 Å². The van der Waals surface area contributed by atoms with Crippen LogP contribution in [0.15, 0.2) is 0 Å². The standard InChI is InChI=1S/C47H90O6/c1-4-7-10-13-16-18-20-22-23-24-25-27-28-31-34-37-40-46(49)52-43-44(42-51-45(48)39-36-33-30-15-12-9-6-3)53-47(50)41-38-35-32-29-26-21-19-17-14-11-8-5-2/h44H,4-43H2,1-3H3. The number of esters is 3. The fraction of sp³-hybridized carbons (Fsp3) is 0.936. The van der Waals surface area contributed by atoms with E-state index in [9.17, 15) is 14.4 Å². The molecule has 0 bridgehead atoms. The number of ether oxygens (including phenoxy) is 3. The molecule has 0 spiro atoms. The number of carbonyl (C=O) groups excluding carboxylic acids is 3. The van der Waals surface area contributed by atoms with Crippen molar-refractivity contribution in [1.82, 2.24) is 0 Å². The SMILES string of the molecule is CCCCCCCCCCCCCCCCCCC(=O)OCC(COC(=O)CCCCCCCCC)OC(=O)CCCCCCCCCCCCCC. The maximum absolute atomic E-state index is 12.7. The Morgan fingerprint density at radius 2 is 0.509 bits per heavy atom. The fourth-order valence-corrected chi connectivity index (χ4v) is 7.03. The van der Waals surface area contributed by atoms with E-state index in [4.69, 9.17) is 14.2 Å². The molecule has 0 radical (unpaired) electrons. The van der Waals surface area contributed by atoms with Gasteiger partial charge < -0.3 is 14.2 Å². The Hall–Kier alpha value is -1.59. The summed E-state index contributed by atoms with van der Waals surface area (Å²) in [5, 5.41) is 0. The van der Waals surface area contributed by atoms with Crippen LogP contribution in [-0.2, 0) is 28.6 Å². The average Bonchev–Trinajstić information content (AvgIpc) is 3.15. The molecule has 0 aliphatic heterocycles. The van der Waals surface area contributed by atoms with Crippen molar-refractivity contribution in [1.29, 1.82) is 0 Å². The molecule has 314 valence electrons. The lowest BCUT2D eigenvalue weighted by atomic mass is 10.0. The normalized spacial score (nSPS) is 11.8. The van der Waals surface area contributed by atoms with Gasteiger partial charge in [-0.25, -0.2) is 0 Å². The highest BCUT2D eigenvalue weighted by Gasteiger charge is 2.19. The van der Waals surface area contributed by atoms with E-state index in [-0.39, 0.29) is 31.1 Å². The van der Waals surface area contributed by atoms with Gasteiger partial charge in [-0.3, -0.25) is 14.4 Å². The summed E-state index contributed by atoms with van der Waals surface area (Å²) < 4.78 is 16.7. The molecule has 0 amide bonds. The van der Waals surface area contributed by atoms with Crippen molar-refractivity contribution in [2.24, 2.45) is 0 Å². The second-order valence-corrected chi connectivity index (χ2v) is 16.0. The monoisotopic (exact) mass is 751 g/mol. The van der Waals surface area contributed by atoms with Gasteiger partial charge in [-0.05, 0) is 19.3 Å². The molecule has 1 atom stereocenters. The predicted octanol–water partition coefficient (Wildman–Crippen LogP) is 14.9. The van der Waals surface area contributed by atoms with E-state index >= 15 is 0 Å². The van der Waals surface area contributed by atoms with Gasteiger partial charge in [-0.2, -0.15) is 0 Å². The van der Waals surface area contributed by atoms with E-state index in [1.54, 1.807) is 0 Å². The second kappa shape index (κ2) is 43.1. The summed E-state index contributed by atoms with van der Waals surface area (Å²) in [7, 11) is 0. The molecule has 1 unspecified atom stereocenters. The van der Waals surface area contributed by atoms with E-state index in [0.29, 0.717) is 19.3 Å². The Morgan fingerprint density at radius 3 is 0.755 bits per heavy atom. The summed E-state index contributed by atoms with van der Waals surface area (Å²) in [4.78, 5) is 37.6. The summed E-state index contributed by atoms with van der Waals surface area (Å²) in [5.41, 5.74) is 0. The van der Waals surface area contributed by atoms with Crippen LogP contribution in [0.2, 0.25) is 0 Å². The molecule has 0 saturated carbocycles. The van der Waals surface area contributed by atoms with Gasteiger partial charge in [0.05, 0.1) is 0 Å². The molecule has 0 aliphatic carbocycles. The first-order valence-corrected chi connectivity index (χ1v) is 23.5. The molecule has 0 aromatic carbocycles. The van der Waals surface area contributed by atoms with Crippen molar-refractivity contribution in [3.05, 3.63) is 0 Å². The van der Waals surface area contributed by atoms with E-state index < -0.39 is 6.10 Å². The molecule has 53 heavy (non-hydrogen) atoms. The third kappa shape index (κ3) is 41.4. The Balaban J connectivity index is 4.22. The molecule has 0 N–H and O–H groups in total. The maximum atomic E-state index is 12.7. The predicted molar refractivity (Wildman–Crippen MR) is 224 cm³/mol. The van der Waals surface area contributed by atoms with Gasteiger partial charge in [-0.1, -0.05) is 226 Å². The number of hydrogen-bond donors (Lipinski definition) is 0. The first-order chi connectivity index (χ1) is 26.0. The Kier molecular flexibility index (Phi) is 41.8. The number of unbranched alkanes of at least 4 members (excludes halogenated alkanes) is 32. The number of carbonyl (C=O) groups is 3. The minimum atomic E-state index is -0.757. The van der Waals surface area contributed by atoms with Gasteiger partial charge in [0.15, 0.2) is 6.10 Å². The molecule has 0 saturated heterocycles. The van der Waals surface area contributed by atoms with Crippen molar-refractivity contribution in [3.8, 4) is 0 Å². The van der Waals surface area contributed by atoms with Crippen molar-refractivity contribution in [2.75, 3.05) is 13.2 Å². The lowest BCUT2D eigenvalue weighted by Gasteiger charge is -2.18. The van der Waals surface area contributed by atoms with Gasteiger partial charge >= 0.3 is 17.9 Å². The van der Waals surface area contributed by atoms with Crippen LogP contribution in [0.4, 0.5) is 0 Å². The van der Waals surface area contributed by atoms with Crippen LogP contribution >= 0.6 is 0 Å². The van der Waals surface area contributed by atoms with Crippen molar-refractivity contribution in [2.45, 2.75) is 271 Å². The van der Waals surface area contributed by atoms with Gasteiger partial charge in [0.1, 0.15) is 13.2 Å². The third-order valence-corrected chi connectivity index (χ3v) is 10.6. The molecule has 0 heterocycles. The van der Waals surface area contributed by atoms with Gasteiger partial charge in [0, 0.05) is 19.3 Å². The summed E-state index contributed by atoms with van der Waals surface area (Å²) in [6.45, 7) is 6.62. The van der Waals surface area contributed by atoms with Crippen molar-refractivity contribution in [3.63, 3.8) is 0 Å². The summed E-state index contributed by atoms with van der Waals surface area (Å²) in [6.07, 6.45) is 43.8. The van der Waals surface area contributed by atoms with Crippen LogP contribution in [0.1, 0.15) is 265 Å². The molecule has 6 heteroatoms. The molecular weight excluding hydrogens is 661 g/mol. The fourth-order valence-electron chi connectivity index (χ4n) is 7.03. The smallest absolute Gasteiger partial charge is 0.306 e. The summed E-state index contributed by atoms with van der Waals surface area (Å²) >= 11 is 0. The quantitative estimate of drug-likeness (QED) is 0.0351. The van der Waals surface area contributed by atoms with Crippen molar-refractivity contribution < 1.29 is 28.6 Å². The lowest BCUT2D eigenvalue weighted by Crippen LogP contribution is -2.30. The van der Waals surface area contributed by atoms with Crippen LogP contribution in [-0.4, -0.2) is 37.2 Å². The zero-order chi connectivity index (χ0) is 38.7. The molecule has 6 nitrogen and oxygen atoms in total. The molecule has 0 rings (SSSR count). The highest BCUT2D eigenvalue weighted by molar-refractivity contribution is 5.71. The molecular formula is C47H90O6. The highest BCUT2D eigenvalue weighted by atomic mass is 16.6. The Bertz CT molecular complexity index is 783. The highest BCUT2D eigenvalue weighted by Crippen LogP contribution is 2.16. The van der Waals surface area contributed by atoms with E-state index in [0.717, 1.165) is 57.8 Å². The number of hydrogen-bond acceptors (Lipinski definition) is 6. The second-order valence-electron chi connectivity index (χ2n) is 16.0. The molecule has 0 aromatic heterocycles. The van der Waals surface area contributed by atoms with Gasteiger partial charge in [0.25, 0.3) is 0 Å². The topological polar surface area (TPSA) is 78.9 Å². The number of rotatable bonds is 43. The Labute approximate surface area is 329 Å². The molecule has 0 aliphatic rings. The van der Waals surface area contributed by atoms with Crippen molar-refractivity contribution >= 4 is 17.9 Å². The summed E-state index contributed by atoms with van der Waals surface area (Å²) in [6, 6.07) is 0. The van der Waals surface area contributed by atoms with Gasteiger partial charge in [-0.15, -0.1) is 0 Å². The van der Waals surface area contributed by atoms with Crippen LogP contribution in [0.25, 0.3) is 0 Å². The maximum Gasteiger partial charge on any atom is 0.306 e. The third-order valence-electron chi connectivity index (χ3n) is 10.6. The average molecular weight is 751 g/mol. The summed E-state index contributed by atoms with van der Waals surface area (Å²) in [5.74, 6) is -0.856. The molecule has 0 aromatic rings. The Morgan fingerprint density at radius 1 is 0.302 bits per heavy atom. The molecule has 0 fully saturated rings. The largest absolute Gasteiger partial charge is 0.462 e. The van der Waals surface area contributed by atoms with Crippen LogP contribution in [0.3, 0.4) is 0 Å². The van der Waals surface area contributed by atoms with Crippen LogP contribution in [0.5, 0.6) is 0 Å². The first kappa shape index (κ1) is 51.4. The van der Waals surface area contributed by atoms with E-state index in [1.165, 1.54) is 167 Å². The zero-order valence-corrected chi connectivity index (χ0v) is 35.8. The lowest BCUT2D eigenvalue weighted by molar-refractivity contribution is -0.167. The van der Waals surface area contributed by atoms with Gasteiger partial charge in [0.2, 0.25) is 0 Å². The van der Waals surface area contributed by atoms with Crippen LogP contribution in [0, 0.1) is 0 Å². The minimum Gasteiger partial charge on any atom is -0.462 e.